The van der Waals surface area contributed by atoms with Crippen LogP contribution in [0.25, 0.3) is 0 Å². The van der Waals surface area contributed by atoms with E-state index in [1.165, 1.54) is 6.92 Å². The van der Waals surface area contributed by atoms with E-state index in [1.54, 1.807) is 4.90 Å². The molecule has 6 atom stereocenters. The summed E-state index contributed by atoms with van der Waals surface area (Å²) in [7, 11) is 0. The standard InChI is InChI=1S/C23H43N3O12P2S2/c1-15(28)25-19-21(32)20(31)16(12-27)38-22(19)36-10-4-3-5-17(29)24-11-18(30)26-8-6-23(2,7-9-26)13-37-40(35,42)14-39(33,34)41/h16,19-22,27,31-32H,3-14H2,1-2H3,(H,24,29)(H,25,28)(H,35,42)(H2,33,34,41)/t16?,19?,20-,21+,22+,40?/m0/s1. The minimum Gasteiger partial charge on any atom is -0.394 e. The maximum Gasteiger partial charge on any atom is 0.241 e. The fourth-order valence-corrected chi connectivity index (χ4v) is 10.9. The summed E-state index contributed by atoms with van der Waals surface area (Å²) in [4.78, 5) is 66.9. The number of aliphatic hydroxyl groups is 3. The Hall–Kier alpha value is -0.650. The van der Waals surface area contributed by atoms with Gasteiger partial charge >= 0.3 is 0 Å². The lowest BCUT2D eigenvalue weighted by Crippen LogP contribution is -2.64. The number of hydrogen-bond donors (Lipinski definition) is 8. The van der Waals surface area contributed by atoms with Crippen LogP contribution in [-0.2, 0) is 52.0 Å². The van der Waals surface area contributed by atoms with E-state index in [4.69, 9.17) is 25.8 Å². The number of nitrogens with one attached hydrogen (secondary N) is 2. The summed E-state index contributed by atoms with van der Waals surface area (Å²) in [5.41, 5.74) is -0.371. The number of hydrogen-bond acceptors (Lipinski definition) is 11. The smallest absolute Gasteiger partial charge is 0.241 e. The Kier molecular flexibility index (Phi) is 14.8. The fraction of sp³-hybridized carbons (Fsp3) is 0.870. The normalized spacial score (nSPS) is 27.6. The van der Waals surface area contributed by atoms with Gasteiger partial charge in [0.05, 0.1) is 25.7 Å². The maximum absolute atomic E-state index is 12.6. The Bertz CT molecular complexity index is 1030. The molecule has 3 unspecified atom stereocenters. The Morgan fingerprint density at radius 3 is 2.31 bits per heavy atom. The third-order valence-corrected chi connectivity index (χ3v) is 12.9. The number of piperidine rings is 1. The molecule has 42 heavy (non-hydrogen) atoms. The molecule has 0 aromatic rings. The molecule has 2 aliphatic rings. The number of likely N-dealkylation sites (tertiary alicyclic amines) is 1. The molecular weight excluding hydrogens is 636 g/mol. The van der Waals surface area contributed by atoms with Gasteiger partial charge in [0, 0.05) is 33.0 Å². The summed E-state index contributed by atoms with van der Waals surface area (Å²) in [5.74, 6) is -1.53. The average molecular weight is 680 g/mol. The summed E-state index contributed by atoms with van der Waals surface area (Å²) in [6.45, 7) is -3.58. The number of aliphatic hydroxyl groups excluding tert-OH is 3. The van der Waals surface area contributed by atoms with Gasteiger partial charge in [0.2, 0.25) is 17.7 Å². The molecular formula is C23H43N3O12P2S2. The Labute approximate surface area is 255 Å². The van der Waals surface area contributed by atoms with Crippen molar-refractivity contribution in [3.63, 3.8) is 0 Å². The highest BCUT2D eigenvalue weighted by molar-refractivity contribution is 8.18. The molecule has 0 radical (unpaired) electrons. The number of unbranched alkanes of at least 4 members (excludes halogenated alkanes) is 1. The SMILES string of the molecule is CC(=O)NC1[C@H](OCCCCC(=O)NCC(=O)N2CCC(C)(COP(O)(=S)CP(O)(O)=S)CC2)OC(CO)[C@H](O)[C@@H]1O. The Morgan fingerprint density at radius 1 is 1.10 bits per heavy atom. The molecule has 8 N–H and O–H groups in total. The van der Waals surface area contributed by atoms with Gasteiger partial charge in [-0.2, -0.15) is 0 Å². The van der Waals surface area contributed by atoms with Crippen LogP contribution in [0.15, 0.2) is 0 Å². The molecule has 0 saturated carbocycles. The van der Waals surface area contributed by atoms with Crippen molar-refractivity contribution < 1.29 is 58.4 Å². The largest absolute Gasteiger partial charge is 0.394 e. The zero-order valence-corrected chi connectivity index (χ0v) is 27.1. The topological polar surface area (TPSA) is 228 Å². The van der Waals surface area contributed by atoms with Gasteiger partial charge in [-0.15, -0.1) is 0 Å². The number of rotatable bonds is 15. The number of carbonyl (C=O) groups excluding carboxylic acids is 3. The van der Waals surface area contributed by atoms with Crippen LogP contribution in [0.1, 0.15) is 46.0 Å². The first-order chi connectivity index (χ1) is 19.4. The zero-order chi connectivity index (χ0) is 31.7. The van der Waals surface area contributed by atoms with Crippen molar-refractivity contribution in [2.24, 2.45) is 5.41 Å². The quantitative estimate of drug-likeness (QED) is 0.0723. The molecule has 15 nitrogen and oxygen atoms in total. The molecule has 2 aliphatic heterocycles. The first kappa shape index (κ1) is 37.5. The molecule has 0 aromatic heterocycles. The predicted molar refractivity (Wildman–Crippen MR) is 158 cm³/mol. The van der Waals surface area contributed by atoms with Crippen LogP contribution < -0.4 is 10.6 Å². The van der Waals surface area contributed by atoms with Gasteiger partial charge in [-0.1, -0.05) is 6.92 Å². The van der Waals surface area contributed by atoms with E-state index in [2.05, 4.69) is 22.4 Å². The minimum absolute atomic E-state index is 0.101. The lowest BCUT2D eigenvalue weighted by molar-refractivity contribution is -0.270. The molecule has 2 rings (SSSR count). The van der Waals surface area contributed by atoms with Crippen molar-refractivity contribution in [3.05, 3.63) is 0 Å². The third kappa shape index (κ3) is 12.8. The van der Waals surface area contributed by atoms with Gasteiger partial charge in [0.1, 0.15) is 24.4 Å². The van der Waals surface area contributed by atoms with Gasteiger partial charge in [-0.05, 0) is 54.7 Å². The second-order valence-corrected chi connectivity index (χ2v) is 18.4. The van der Waals surface area contributed by atoms with Crippen LogP contribution in [0.3, 0.4) is 0 Å². The number of nitrogens with zero attached hydrogens (tertiary/aromatic N) is 1. The number of carbonyl (C=O) groups is 3. The highest BCUT2D eigenvalue weighted by atomic mass is 32.5. The summed E-state index contributed by atoms with van der Waals surface area (Å²) in [6, 6.07) is -1.04. The predicted octanol–water partition coefficient (Wildman–Crippen LogP) is -1.57. The van der Waals surface area contributed by atoms with Crippen LogP contribution in [-0.4, -0.2) is 129 Å². The van der Waals surface area contributed by atoms with Gasteiger partial charge < -0.3 is 59.5 Å². The first-order valence-electron chi connectivity index (χ1n) is 13.5. The molecule has 244 valence electrons. The van der Waals surface area contributed by atoms with Gasteiger partial charge in [-0.25, -0.2) is 0 Å². The van der Waals surface area contributed by atoms with Gasteiger partial charge in [-0.3, -0.25) is 14.4 Å². The van der Waals surface area contributed by atoms with Gasteiger partial charge in [0.15, 0.2) is 19.3 Å². The van der Waals surface area contributed by atoms with Crippen molar-refractivity contribution in [1.29, 1.82) is 0 Å². The molecule has 0 spiro atoms. The third-order valence-electron chi connectivity index (χ3n) is 7.07. The molecule has 0 aromatic carbocycles. The average Bonchev–Trinajstić information content (AvgIpc) is 2.88. The summed E-state index contributed by atoms with van der Waals surface area (Å²) < 4.78 is 16.5. The molecule has 2 heterocycles. The van der Waals surface area contributed by atoms with E-state index < -0.39 is 62.0 Å². The minimum atomic E-state index is -3.68. The van der Waals surface area contributed by atoms with Crippen LogP contribution >= 0.6 is 13.0 Å². The zero-order valence-electron chi connectivity index (χ0n) is 23.7. The first-order valence-corrected chi connectivity index (χ1v) is 19.3. The molecule has 2 fully saturated rings. The van der Waals surface area contributed by atoms with Crippen molar-refractivity contribution in [2.75, 3.05) is 45.4 Å². The lowest BCUT2D eigenvalue weighted by Gasteiger charge is -2.42. The van der Waals surface area contributed by atoms with E-state index in [-0.39, 0.29) is 43.4 Å². The van der Waals surface area contributed by atoms with Crippen LogP contribution in [0, 0.1) is 5.41 Å². The van der Waals surface area contributed by atoms with Crippen molar-refractivity contribution in [2.45, 2.75) is 76.6 Å². The Morgan fingerprint density at radius 2 is 1.74 bits per heavy atom. The van der Waals surface area contributed by atoms with Crippen molar-refractivity contribution in [3.8, 4) is 0 Å². The second-order valence-electron chi connectivity index (χ2n) is 10.9. The van der Waals surface area contributed by atoms with E-state index in [0.717, 1.165) is 0 Å². The molecule has 0 aliphatic carbocycles. The lowest BCUT2D eigenvalue weighted by atomic mass is 9.81. The maximum atomic E-state index is 12.6. The highest BCUT2D eigenvalue weighted by Gasteiger charge is 2.45. The Balaban J connectivity index is 1.67. The van der Waals surface area contributed by atoms with E-state index in [9.17, 15) is 44.4 Å². The van der Waals surface area contributed by atoms with E-state index in [0.29, 0.717) is 38.8 Å². The fourth-order valence-electron chi connectivity index (χ4n) is 4.54. The van der Waals surface area contributed by atoms with Gasteiger partial charge in [0.25, 0.3) is 0 Å². The summed E-state index contributed by atoms with van der Waals surface area (Å²) in [6.07, 6.45) is -2.88. The van der Waals surface area contributed by atoms with E-state index >= 15 is 0 Å². The molecule has 2 saturated heterocycles. The highest BCUT2D eigenvalue weighted by Crippen LogP contribution is 2.56. The molecule has 3 amide bonds. The van der Waals surface area contributed by atoms with Crippen LogP contribution in [0.5, 0.6) is 0 Å². The summed E-state index contributed by atoms with van der Waals surface area (Å²) >= 11 is 9.51. The van der Waals surface area contributed by atoms with Crippen LogP contribution in [0.4, 0.5) is 0 Å². The molecule has 0 bridgehead atoms. The van der Waals surface area contributed by atoms with Crippen molar-refractivity contribution >= 4 is 54.3 Å². The van der Waals surface area contributed by atoms with Crippen LogP contribution in [0.2, 0.25) is 0 Å². The van der Waals surface area contributed by atoms with E-state index in [1.807, 2.05) is 6.92 Å². The molecule has 19 heteroatoms. The monoisotopic (exact) mass is 679 g/mol. The summed E-state index contributed by atoms with van der Waals surface area (Å²) in [5, 5.41) is 34.8. The van der Waals surface area contributed by atoms with Crippen molar-refractivity contribution in [1.82, 2.24) is 15.5 Å². The number of ether oxygens (including phenoxy) is 2. The second kappa shape index (κ2) is 16.6. The number of amides is 3.